The second-order valence-electron chi connectivity index (χ2n) is 2.18. The fraction of sp³-hybridized carbons (Fsp3) is 0.167. The van der Waals surface area contributed by atoms with Crippen molar-refractivity contribution in [3.05, 3.63) is 11.5 Å². The molecule has 1 aromatic rings. The van der Waals surface area contributed by atoms with Crippen LogP contribution in [0.2, 0.25) is 5.28 Å². The second-order valence-corrected chi connectivity index (χ2v) is 2.52. The average Bonchev–Trinajstić information content (AvgIpc) is 2.05. The molecule has 0 unspecified atom stereocenters. The van der Waals surface area contributed by atoms with Crippen molar-refractivity contribution in [3.63, 3.8) is 0 Å². The predicted molar refractivity (Wildman–Crippen MR) is 41.2 cm³/mol. The van der Waals surface area contributed by atoms with Crippen LogP contribution in [0.4, 0.5) is 5.82 Å². The summed E-state index contributed by atoms with van der Waals surface area (Å²) in [7, 11) is 0. The van der Waals surface area contributed by atoms with E-state index in [-0.39, 0.29) is 17.8 Å². The quantitative estimate of drug-likeness (QED) is 0.470. The van der Waals surface area contributed by atoms with Gasteiger partial charge in [0.15, 0.2) is 11.6 Å². The van der Waals surface area contributed by atoms with Crippen molar-refractivity contribution in [1.82, 2.24) is 9.97 Å². The van der Waals surface area contributed by atoms with E-state index >= 15 is 0 Å². The van der Waals surface area contributed by atoms with Gasteiger partial charge in [0, 0.05) is 0 Å². The number of ether oxygens (including phenoxy) is 1. The van der Waals surface area contributed by atoms with Crippen LogP contribution in [0.1, 0.15) is 0 Å². The normalized spacial score (nSPS) is 14.6. The number of carbonyl (C=O) groups excluding carboxylic acids is 1. The molecule has 0 aliphatic carbocycles. The Morgan fingerprint density at radius 2 is 2.50 bits per heavy atom. The summed E-state index contributed by atoms with van der Waals surface area (Å²) in [5.41, 5.74) is 0. The fourth-order valence-corrected chi connectivity index (χ4v) is 0.999. The van der Waals surface area contributed by atoms with Crippen molar-refractivity contribution >= 4 is 23.4 Å². The summed E-state index contributed by atoms with van der Waals surface area (Å²) in [6.07, 6.45) is 1.36. The number of hydrogen-bond donors (Lipinski definition) is 1. The second kappa shape index (κ2) is 2.60. The summed E-state index contributed by atoms with van der Waals surface area (Å²) in [5, 5.41) is 2.87. The fourth-order valence-electron chi connectivity index (χ4n) is 0.865. The molecule has 1 aliphatic heterocycles. The number of halogens is 1. The minimum atomic E-state index is -0.353. The Balaban J connectivity index is 2.43. The van der Waals surface area contributed by atoms with Gasteiger partial charge in [-0.1, -0.05) is 0 Å². The molecule has 1 aliphatic rings. The van der Waals surface area contributed by atoms with Gasteiger partial charge in [-0.25, -0.2) is 9.78 Å². The first-order valence-corrected chi connectivity index (χ1v) is 3.60. The van der Waals surface area contributed by atoms with Gasteiger partial charge in [0.25, 0.3) is 0 Å². The predicted octanol–water partition coefficient (Wildman–Crippen LogP) is 0.461. The van der Waals surface area contributed by atoms with Gasteiger partial charge in [-0.15, -0.1) is 0 Å². The van der Waals surface area contributed by atoms with E-state index in [1.54, 1.807) is 0 Å². The number of hydrogen-bond acceptors (Lipinski definition) is 5. The molecule has 0 saturated carbocycles. The van der Waals surface area contributed by atoms with E-state index in [0.29, 0.717) is 11.6 Å². The van der Waals surface area contributed by atoms with E-state index < -0.39 is 0 Å². The Labute approximate surface area is 72.7 Å². The molecule has 0 saturated heterocycles. The van der Waals surface area contributed by atoms with Crippen LogP contribution in [0.3, 0.4) is 0 Å². The molecule has 2 heterocycles. The highest BCUT2D eigenvalue weighted by Gasteiger charge is 2.17. The molecule has 62 valence electrons. The van der Waals surface area contributed by atoms with Gasteiger partial charge in [-0.05, 0) is 11.6 Å². The number of anilines is 1. The summed E-state index contributed by atoms with van der Waals surface area (Å²) in [6, 6.07) is 0. The lowest BCUT2D eigenvalue weighted by molar-refractivity contribution is -0.132. The Kier molecular flexibility index (Phi) is 1.58. The number of fused-ring (bicyclic) bond motifs is 1. The molecule has 6 heteroatoms. The van der Waals surface area contributed by atoms with Gasteiger partial charge in [0.05, 0.1) is 6.20 Å². The summed E-state index contributed by atoms with van der Waals surface area (Å²) in [4.78, 5) is 18.2. The largest absolute Gasteiger partial charge is 0.420 e. The minimum Gasteiger partial charge on any atom is -0.420 e. The monoisotopic (exact) mass is 185 g/mol. The number of carbonyl (C=O) groups is 1. The molecule has 1 aromatic heterocycles. The molecule has 12 heavy (non-hydrogen) atoms. The smallest absolute Gasteiger partial charge is 0.330 e. The van der Waals surface area contributed by atoms with E-state index in [1.807, 2.05) is 0 Å². The average molecular weight is 186 g/mol. The zero-order valence-electron chi connectivity index (χ0n) is 5.87. The Morgan fingerprint density at radius 3 is 3.33 bits per heavy atom. The highest BCUT2D eigenvalue weighted by molar-refractivity contribution is 6.28. The van der Waals surface area contributed by atoms with Gasteiger partial charge in [0.1, 0.15) is 6.54 Å². The van der Waals surface area contributed by atoms with E-state index in [2.05, 4.69) is 15.3 Å². The molecule has 0 aromatic carbocycles. The third-order valence-corrected chi connectivity index (χ3v) is 1.53. The number of nitrogens with zero attached hydrogens (tertiary/aromatic N) is 2. The van der Waals surface area contributed by atoms with Gasteiger partial charge >= 0.3 is 5.97 Å². The number of esters is 1. The molecule has 1 N–H and O–H groups in total. The van der Waals surface area contributed by atoms with E-state index in [1.165, 1.54) is 6.20 Å². The van der Waals surface area contributed by atoms with Crippen LogP contribution in [0.25, 0.3) is 0 Å². The standard InChI is InChI=1S/C6H4ClN3O2/c7-6-9-1-3-5(10-6)8-2-4(11)12-3/h1H,2H2,(H,8,9,10). The van der Waals surface area contributed by atoms with Gasteiger partial charge in [-0.2, -0.15) is 4.98 Å². The molecule has 0 spiro atoms. The highest BCUT2D eigenvalue weighted by atomic mass is 35.5. The maximum atomic E-state index is 10.7. The Bertz CT molecular complexity index is 342. The minimum absolute atomic E-state index is 0.111. The topological polar surface area (TPSA) is 64.1 Å². The van der Waals surface area contributed by atoms with E-state index in [0.717, 1.165) is 0 Å². The molecular weight excluding hydrogens is 182 g/mol. The first-order valence-electron chi connectivity index (χ1n) is 3.23. The van der Waals surface area contributed by atoms with Crippen LogP contribution < -0.4 is 10.1 Å². The number of aromatic nitrogens is 2. The van der Waals surface area contributed by atoms with Crippen molar-refractivity contribution in [2.75, 3.05) is 11.9 Å². The molecular formula is C6H4ClN3O2. The van der Waals surface area contributed by atoms with Crippen molar-refractivity contribution in [3.8, 4) is 5.75 Å². The van der Waals surface area contributed by atoms with Crippen LogP contribution in [-0.4, -0.2) is 22.5 Å². The third-order valence-electron chi connectivity index (χ3n) is 1.35. The van der Waals surface area contributed by atoms with Crippen molar-refractivity contribution in [2.24, 2.45) is 0 Å². The molecule has 0 radical (unpaired) electrons. The highest BCUT2D eigenvalue weighted by Crippen LogP contribution is 2.24. The Morgan fingerprint density at radius 1 is 1.67 bits per heavy atom. The maximum absolute atomic E-state index is 10.7. The van der Waals surface area contributed by atoms with Crippen LogP contribution in [0.5, 0.6) is 5.75 Å². The van der Waals surface area contributed by atoms with Crippen LogP contribution in [-0.2, 0) is 4.79 Å². The lowest BCUT2D eigenvalue weighted by atomic mass is 10.4. The van der Waals surface area contributed by atoms with Crippen LogP contribution >= 0.6 is 11.6 Å². The van der Waals surface area contributed by atoms with Gasteiger partial charge in [-0.3, -0.25) is 0 Å². The first-order chi connectivity index (χ1) is 5.75. The van der Waals surface area contributed by atoms with Gasteiger partial charge in [0.2, 0.25) is 5.28 Å². The zero-order valence-corrected chi connectivity index (χ0v) is 6.63. The molecule has 0 fully saturated rings. The molecule has 0 bridgehead atoms. The van der Waals surface area contributed by atoms with Gasteiger partial charge < -0.3 is 10.1 Å². The lowest BCUT2D eigenvalue weighted by Gasteiger charge is -2.14. The Hall–Kier alpha value is -1.36. The zero-order chi connectivity index (χ0) is 8.55. The summed E-state index contributed by atoms with van der Waals surface area (Å²) in [6.45, 7) is 0.111. The molecule has 5 nitrogen and oxygen atoms in total. The molecule has 0 amide bonds. The van der Waals surface area contributed by atoms with Crippen molar-refractivity contribution < 1.29 is 9.53 Å². The SMILES string of the molecule is O=C1CNc2nc(Cl)ncc2O1. The maximum Gasteiger partial charge on any atom is 0.330 e. The summed E-state index contributed by atoms with van der Waals surface area (Å²) in [5.74, 6) is 0.415. The first kappa shape index (κ1) is 7.30. The number of rotatable bonds is 0. The molecule has 0 atom stereocenters. The third kappa shape index (κ3) is 1.18. The number of nitrogens with one attached hydrogen (secondary N) is 1. The van der Waals surface area contributed by atoms with Crippen LogP contribution in [0, 0.1) is 0 Å². The van der Waals surface area contributed by atoms with E-state index in [9.17, 15) is 4.79 Å². The summed E-state index contributed by atoms with van der Waals surface area (Å²) >= 11 is 5.51. The lowest BCUT2D eigenvalue weighted by Crippen LogP contribution is -2.25. The summed E-state index contributed by atoms with van der Waals surface area (Å²) < 4.78 is 4.80. The molecule has 2 rings (SSSR count). The van der Waals surface area contributed by atoms with Crippen LogP contribution in [0.15, 0.2) is 6.20 Å². The van der Waals surface area contributed by atoms with Crippen molar-refractivity contribution in [2.45, 2.75) is 0 Å². The van der Waals surface area contributed by atoms with Crippen molar-refractivity contribution in [1.29, 1.82) is 0 Å². The van der Waals surface area contributed by atoms with E-state index in [4.69, 9.17) is 16.3 Å².